The highest BCUT2D eigenvalue weighted by Crippen LogP contribution is 2.55. The van der Waals surface area contributed by atoms with Crippen molar-refractivity contribution in [3.63, 3.8) is 0 Å². The molecule has 222 valence electrons. The van der Waals surface area contributed by atoms with Gasteiger partial charge < -0.3 is 9.47 Å². The van der Waals surface area contributed by atoms with Gasteiger partial charge in [-0.2, -0.15) is 0 Å². The van der Waals surface area contributed by atoms with Gasteiger partial charge in [0, 0.05) is 5.66 Å². The number of benzene rings is 4. The van der Waals surface area contributed by atoms with Gasteiger partial charge in [-0.15, -0.1) is 0 Å². The summed E-state index contributed by atoms with van der Waals surface area (Å²) in [7, 11) is 2.13. The van der Waals surface area contributed by atoms with Crippen molar-refractivity contribution in [2.45, 2.75) is 60.5 Å². The average Bonchev–Trinajstić information content (AvgIpc) is 3.44. The van der Waals surface area contributed by atoms with Gasteiger partial charge in [0.1, 0.15) is 11.5 Å². The van der Waals surface area contributed by atoms with Gasteiger partial charge in [-0.3, -0.25) is 0 Å². The molecule has 1 aliphatic carbocycles. The molecule has 0 fully saturated rings. The molecule has 0 aromatic heterocycles. The zero-order valence-corrected chi connectivity index (χ0v) is 28.9. The summed E-state index contributed by atoms with van der Waals surface area (Å²) in [4.78, 5) is 0. The van der Waals surface area contributed by atoms with Crippen molar-refractivity contribution in [1.29, 1.82) is 0 Å². The fourth-order valence-corrected chi connectivity index (χ4v) is 12.8. The quantitative estimate of drug-likeness (QED) is 0.178. The van der Waals surface area contributed by atoms with Crippen LogP contribution in [0.25, 0.3) is 0 Å². The summed E-state index contributed by atoms with van der Waals surface area (Å²) in [6, 6.07) is 27.5. The highest BCUT2D eigenvalue weighted by molar-refractivity contribution is 7.77. The van der Waals surface area contributed by atoms with E-state index in [1.165, 1.54) is 60.2 Å². The molecule has 0 saturated carbocycles. The monoisotopic (exact) mass is 606 g/mol. The molecule has 0 amide bonds. The number of hydrogen-bond acceptors (Lipinski definition) is 2. The van der Waals surface area contributed by atoms with Crippen molar-refractivity contribution in [3.8, 4) is 11.5 Å². The second kappa shape index (κ2) is 13.2. The predicted octanol–water partition coefficient (Wildman–Crippen LogP) is 8.72. The van der Waals surface area contributed by atoms with E-state index < -0.39 is 15.8 Å². The first-order valence-corrected chi connectivity index (χ1v) is 17.8. The molecule has 1 atom stereocenters. The number of aryl methyl sites for hydroxylation is 6. The zero-order chi connectivity index (χ0) is 30.8. The van der Waals surface area contributed by atoms with Crippen LogP contribution in [0.5, 0.6) is 11.5 Å². The fourth-order valence-electron chi connectivity index (χ4n) is 6.68. The van der Waals surface area contributed by atoms with Crippen molar-refractivity contribution in [3.05, 3.63) is 129 Å². The number of allylic oxidation sites excluding steroid dienone is 4. The van der Waals surface area contributed by atoms with Crippen molar-refractivity contribution in [2.24, 2.45) is 0 Å². The predicted molar refractivity (Wildman–Crippen MR) is 190 cm³/mol. The molecule has 0 heterocycles. The minimum atomic E-state index is -0.785. The van der Waals surface area contributed by atoms with E-state index in [4.69, 9.17) is 9.47 Å². The molecule has 0 aliphatic heterocycles. The van der Waals surface area contributed by atoms with Crippen LogP contribution in [0.1, 0.15) is 46.7 Å². The van der Waals surface area contributed by atoms with E-state index in [-0.39, 0.29) is 0 Å². The second-order valence-corrected chi connectivity index (χ2v) is 16.4. The van der Waals surface area contributed by atoms with E-state index in [1.807, 2.05) is 0 Å². The fraction of sp³-hybridized carbons (Fsp3) is 0.282. The van der Waals surface area contributed by atoms with Crippen LogP contribution in [-0.4, -0.2) is 19.9 Å². The largest absolute Gasteiger partial charge is 0.496 e. The highest BCUT2D eigenvalue weighted by Gasteiger charge is 2.32. The molecule has 4 aromatic carbocycles. The number of ether oxygens (including phenoxy) is 2. The van der Waals surface area contributed by atoms with Gasteiger partial charge in [0.25, 0.3) is 0 Å². The van der Waals surface area contributed by atoms with Gasteiger partial charge in [-0.25, -0.2) is 0 Å². The number of methoxy groups -OCH3 is 2. The Morgan fingerprint density at radius 1 is 0.605 bits per heavy atom. The maximum atomic E-state index is 5.79. The standard InChI is InChI=1S/C39H44O2P2/c1-25-15-10-12-18-35(25)42(36-19-13-11-16-26(36)2)31(7)34-17-14-20-37(34)43(32-21-27(3)38(40-8)28(4)22-32)33-23-29(5)39(41-9)30(6)24-33/h10-19,21-24,31H,20H2,1-9H3/t31-/m0/s1. The lowest BCUT2D eigenvalue weighted by molar-refractivity contribution is 0.408. The van der Waals surface area contributed by atoms with Gasteiger partial charge >= 0.3 is 0 Å². The Bertz CT molecular complexity index is 1560. The number of hydrogen-bond donors (Lipinski definition) is 0. The molecule has 0 N–H and O–H groups in total. The van der Waals surface area contributed by atoms with Crippen LogP contribution >= 0.6 is 15.8 Å². The Balaban J connectivity index is 1.75. The zero-order valence-electron chi connectivity index (χ0n) is 27.1. The van der Waals surface area contributed by atoms with E-state index in [0.29, 0.717) is 5.66 Å². The molecule has 0 unspecified atom stereocenters. The Labute approximate surface area is 261 Å². The van der Waals surface area contributed by atoms with Gasteiger partial charge in [-0.1, -0.05) is 67.6 Å². The normalized spacial score (nSPS) is 13.7. The number of rotatable bonds is 9. The van der Waals surface area contributed by atoms with Crippen LogP contribution in [-0.2, 0) is 0 Å². The maximum absolute atomic E-state index is 5.79. The van der Waals surface area contributed by atoms with Crippen LogP contribution in [0.15, 0.2) is 95.8 Å². The lowest BCUT2D eigenvalue weighted by Crippen LogP contribution is -2.25. The highest BCUT2D eigenvalue weighted by atomic mass is 31.1. The third-order valence-corrected chi connectivity index (χ3v) is 14.2. The first-order chi connectivity index (χ1) is 20.7. The van der Waals surface area contributed by atoms with Crippen LogP contribution in [0.4, 0.5) is 0 Å². The minimum absolute atomic E-state index is 0.358. The molecule has 5 rings (SSSR count). The Morgan fingerprint density at radius 2 is 1.02 bits per heavy atom. The molecule has 4 heteroatoms. The summed E-state index contributed by atoms with van der Waals surface area (Å²) in [5.74, 6) is 1.96. The lowest BCUT2D eigenvalue weighted by atomic mass is 10.1. The van der Waals surface area contributed by atoms with Crippen LogP contribution in [0.2, 0.25) is 0 Å². The third-order valence-electron chi connectivity index (χ3n) is 8.61. The Hall–Kier alpha value is -3.18. The van der Waals surface area contributed by atoms with E-state index in [1.54, 1.807) is 19.5 Å². The first-order valence-electron chi connectivity index (χ1n) is 15.1. The molecule has 1 aliphatic rings. The summed E-state index contributed by atoms with van der Waals surface area (Å²) in [6.07, 6.45) is 5.81. The Morgan fingerprint density at radius 3 is 1.42 bits per heavy atom. The van der Waals surface area contributed by atoms with E-state index in [0.717, 1.165) is 17.9 Å². The second-order valence-electron chi connectivity index (χ2n) is 11.7. The molecule has 0 spiro atoms. The summed E-state index contributed by atoms with van der Waals surface area (Å²) >= 11 is 0. The van der Waals surface area contributed by atoms with Crippen molar-refractivity contribution in [1.82, 2.24) is 0 Å². The molecular formula is C39H44O2P2. The summed E-state index contributed by atoms with van der Waals surface area (Å²) in [5, 5.41) is 7.28. The molecule has 0 bridgehead atoms. The van der Waals surface area contributed by atoms with Gasteiger partial charge in [-0.05, 0) is 154 Å². The third kappa shape index (κ3) is 6.11. The molecule has 43 heavy (non-hydrogen) atoms. The van der Waals surface area contributed by atoms with Crippen molar-refractivity contribution < 1.29 is 9.47 Å². The van der Waals surface area contributed by atoms with Gasteiger partial charge in [0.2, 0.25) is 0 Å². The summed E-state index contributed by atoms with van der Waals surface area (Å²) < 4.78 is 11.6. The van der Waals surface area contributed by atoms with Crippen LogP contribution in [0, 0.1) is 41.5 Å². The van der Waals surface area contributed by atoms with Crippen LogP contribution in [0.3, 0.4) is 0 Å². The van der Waals surface area contributed by atoms with Crippen molar-refractivity contribution in [2.75, 3.05) is 14.2 Å². The average molecular weight is 607 g/mol. The van der Waals surface area contributed by atoms with Crippen LogP contribution < -0.4 is 30.7 Å². The Kier molecular flexibility index (Phi) is 9.60. The minimum Gasteiger partial charge on any atom is -0.496 e. The topological polar surface area (TPSA) is 18.5 Å². The molecule has 0 saturated heterocycles. The van der Waals surface area contributed by atoms with E-state index >= 15 is 0 Å². The lowest BCUT2D eigenvalue weighted by Gasteiger charge is -2.32. The molecular weight excluding hydrogens is 562 g/mol. The SMILES string of the molecule is COc1c(C)cc(P(C2=C([C@H](C)P(c3ccccc3C)c3ccccc3C)C=CC2)c2cc(C)c(OC)c(C)c2)cc1C. The van der Waals surface area contributed by atoms with Gasteiger partial charge in [0.05, 0.1) is 14.2 Å². The summed E-state index contributed by atoms with van der Waals surface area (Å²) in [5.41, 5.74) is 9.37. The summed E-state index contributed by atoms with van der Waals surface area (Å²) in [6.45, 7) is 15.7. The maximum Gasteiger partial charge on any atom is 0.124 e. The smallest absolute Gasteiger partial charge is 0.124 e. The molecule has 2 nitrogen and oxygen atoms in total. The first kappa shape index (κ1) is 31.3. The van der Waals surface area contributed by atoms with Crippen molar-refractivity contribution >= 4 is 37.1 Å². The molecule has 4 aromatic rings. The van der Waals surface area contributed by atoms with E-state index in [2.05, 4.69) is 133 Å². The van der Waals surface area contributed by atoms with E-state index in [9.17, 15) is 0 Å². The molecule has 0 radical (unpaired) electrons. The van der Waals surface area contributed by atoms with Gasteiger partial charge in [0.15, 0.2) is 0 Å².